The Bertz CT molecular complexity index is 896. The molecule has 0 aliphatic heterocycles. The first-order valence-corrected chi connectivity index (χ1v) is 10.7. The summed E-state index contributed by atoms with van der Waals surface area (Å²) in [5, 5.41) is 27.3. The number of hydrogen-bond donors (Lipinski definition) is 4. The second kappa shape index (κ2) is 11.3. The zero-order chi connectivity index (χ0) is 21.2. The lowest BCUT2D eigenvalue weighted by atomic mass is 10.1. The number of aromatic hydroxyl groups is 1. The summed E-state index contributed by atoms with van der Waals surface area (Å²) in [7, 11) is 0. The van der Waals surface area contributed by atoms with Gasteiger partial charge in [-0.1, -0.05) is 18.2 Å². The second-order valence-electron chi connectivity index (χ2n) is 6.91. The Morgan fingerprint density at radius 3 is 2.53 bits per heavy atom. The summed E-state index contributed by atoms with van der Waals surface area (Å²) in [5.41, 5.74) is 1.93. The molecule has 4 N–H and O–H groups in total. The van der Waals surface area contributed by atoms with Crippen LogP contribution in [-0.4, -0.2) is 41.9 Å². The molecular formula is C23H26N2O4S. The molecule has 1 atom stereocenters. The molecule has 158 valence electrons. The van der Waals surface area contributed by atoms with Gasteiger partial charge in [0.05, 0.1) is 6.42 Å². The van der Waals surface area contributed by atoms with Crippen LogP contribution in [-0.2, 0) is 17.6 Å². The summed E-state index contributed by atoms with van der Waals surface area (Å²) in [6.07, 6.45) is 0.580. The second-order valence-corrected chi connectivity index (χ2v) is 7.95. The molecule has 2 aromatic carbocycles. The predicted molar refractivity (Wildman–Crippen MR) is 119 cm³/mol. The van der Waals surface area contributed by atoms with Crippen molar-refractivity contribution in [3.05, 3.63) is 76.5 Å². The number of carbonyl (C=O) groups is 1. The first-order valence-electron chi connectivity index (χ1n) is 9.80. The molecule has 1 aromatic heterocycles. The standard InChI is InChI=1S/C23H26N2O4S/c26-19-7-9-21(10-8-19)29-16-20(27)15-24-12-11-17-3-5-18(6-4-17)25-23(28)14-22-2-1-13-30-22/h1-10,13,20,24,26-27H,11-12,14-16H2,(H,25,28)/t20-/m0/s1. The SMILES string of the molecule is O=C(Cc1cccs1)Nc1ccc(CCNC[C@H](O)COc2ccc(O)cc2)cc1. The highest BCUT2D eigenvalue weighted by Crippen LogP contribution is 2.16. The fourth-order valence-corrected chi connectivity index (χ4v) is 3.53. The minimum Gasteiger partial charge on any atom is -0.508 e. The number of amides is 1. The average Bonchev–Trinajstić information content (AvgIpc) is 3.25. The monoisotopic (exact) mass is 426 g/mol. The molecule has 1 amide bonds. The number of ether oxygens (including phenoxy) is 1. The van der Waals surface area contributed by atoms with Gasteiger partial charge in [0.1, 0.15) is 24.2 Å². The first-order chi connectivity index (χ1) is 14.6. The molecule has 0 aliphatic rings. The van der Waals surface area contributed by atoms with E-state index >= 15 is 0 Å². The van der Waals surface area contributed by atoms with Gasteiger partial charge in [0, 0.05) is 17.1 Å². The third-order valence-corrected chi connectivity index (χ3v) is 5.28. The van der Waals surface area contributed by atoms with Crippen LogP contribution in [0.2, 0.25) is 0 Å². The van der Waals surface area contributed by atoms with E-state index in [4.69, 9.17) is 4.74 Å². The zero-order valence-corrected chi connectivity index (χ0v) is 17.4. The third-order valence-electron chi connectivity index (χ3n) is 4.40. The Balaban J connectivity index is 1.31. The number of rotatable bonds is 11. The van der Waals surface area contributed by atoms with Gasteiger partial charge in [-0.25, -0.2) is 0 Å². The van der Waals surface area contributed by atoms with Crippen LogP contribution >= 0.6 is 11.3 Å². The summed E-state index contributed by atoms with van der Waals surface area (Å²) < 4.78 is 5.48. The zero-order valence-electron chi connectivity index (χ0n) is 16.6. The van der Waals surface area contributed by atoms with E-state index in [0.717, 1.165) is 29.1 Å². The van der Waals surface area contributed by atoms with Crippen molar-refractivity contribution in [1.29, 1.82) is 0 Å². The normalized spacial score (nSPS) is 11.8. The van der Waals surface area contributed by atoms with Crippen LogP contribution in [0.3, 0.4) is 0 Å². The van der Waals surface area contributed by atoms with Gasteiger partial charge in [-0.15, -0.1) is 11.3 Å². The molecule has 0 radical (unpaired) electrons. The van der Waals surface area contributed by atoms with Gasteiger partial charge in [0.2, 0.25) is 5.91 Å². The third kappa shape index (κ3) is 7.51. The number of phenols is 1. The van der Waals surface area contributed by atoms with Crippen molar-refractivity contribution < 1.29 is 19.7 Å². The molecule has 0 unspecified atom stereocenters. The van der Waals surface area contributed by atoms with Gasteiger partial charge in [-0.05, 0) is 66.4 Å². The number of anilines is 1. The maximum atomic E-state index is 12.0. The number of aliphatic hydroxyl groups excluding tert-OH is 1. The first kappa shape index (κ1) is 21.8. The highest BCUT2D eigenvalue weighted by atomic mass is 32.1. The van der Waals surface area contributed by atoms with E-state index in [1.807, 2.05) is 41.8 Å². The lowest BCUT2D eigenvalue weighted by Crippen LogP contribution is -2.32. The Kier molecular flexibility index (Phi) is 8.26. The van der Waals surface area contributed by atoms with Gasteiger partial charge < -0.3 is 25.6 Å². The minimum absolute atomic E-state index is 0.0182. The summed E-state index contributed by atoms with van der Waals surface area (Å²) >= 11 is 1.58. The number of thiophene rings is 1. The van der Waals surface area contributed by atoms with Gasteiger partial charge in [-0.3, -0.25) is 4.79 Å². The van der Waals surface area contributed by atoms with Crippen LogP contribution in [0, 0.1) is 0 Å². The van der Waals surface area contributed by atoms with E-state index in [1.54, 1.807) is 35.6 Å². The molecule has 3 rings (SSSR count). The number of aliphatic hydroxyl groups is 1. The van der Waals surface area contributed by atoms with Crippen molar-refractivity contribution in [3.8, 4) is 11.5 Å². The molecular weight excluding hydrogens is 400 g/mol. The summed E-state index contributed by atoms with van der Waals surface area (Å²) in [4.78, 5) is 13.1. The van der Waals surface area contributed by atoms with Crippen molar-refractivity contribution in [2.45, 2.75) is 18.9 Å². The predicted octanol–water partition coefficient (Wildman–Crippen LogP) is 3.21. The van der Waals surface area contributed by atoms with Crippen molar-refractivity contribution in [2.75, 3.05) is 25.0 Å². The average molecular weight is 427 g/mol. The van der Waals surface area contributed by atoms with Crippen molar-refractivity contribution in [3.63, 3.8) is 0 Å². The number of hydrogen-bond acceptors (Lipinski definition) is 6. The molecule has 7 heteroatoms. The Morgan fingerprint density at radius 2 is 1.83 bits per heavy atom. The molecule has 0 bridgehead atoms. The van der Waals surface area contributed by atoms with E-state index in [9.17, 15) is 15.0 Å². The molecule has 1 heterocycles. The van der Waals surface area contributed by atoms with E-state index in [1.165, 1.54) is 0 Å². The molecule has 3 aromatic rings. The number of phenolic OH excluding ortho intramolecular Hbond substituents is 1. The largest absolute Gasteiger partial charge is 0.508 e. The van der Waals surface area contributed by atoms with E-state index < -0.39 is 6.10 Å². The van der Waals surface area contributed by atoms with Crippen LogP contribution < -0.4 is 15.4 Å². The molecule has 0 saturated heterocycles. The van der Waals surface area contributed by atoms with Gasteiger partial charge in [0.25, 0.3) is 0 Å². The van der Waals surface area contributed by atoms with E-state index in [-0.39, 0.29) is 18.3 Å². The van der Waals surface area contributed by atoms with Crippen LogP contribution in [0.4, 0.5) is 5.69 Å². The quantitative estimate of drug-likeness (QED) is 0.354. The number of carbonyl (C=O) groups excluding carboxylic acids is 1. The summed E-state index contributed by atoms with van der Waals surface area (Å²) in [5.74, 6) is 0.767. The summed E-state index contributed by atoms with van der Waals surface area (Å²) in [6.45, 7) is 1.33. The fraction of sp³-hybridized carbons (Fsp3) is 0.261. The Hall–Kier alpha value is -2.87. The minimum atomic E-state index is -0.625. The maximum absolute atomic E-state index is 12.0. The Morgan fingerprint density at radius 1 is 1.07 bits per heavy atom. The fourth-order valence-electron chi connectivity index (χ4n) is 2.83. The van der Waals surface area contributed by atoms with Gasteiger partial charge in [-0.2, -0.15) is 0 Å². The molecule has 0 fully saturated rings. The van der Waals surface area contributed by atoms with Crippen LogP contribution in [0.25, 0.3) is 0 Å². The lowest BCUT2D eigenvalue weighted by molar-refractivity contribution is -0.115. The topological polar surface area (TPSA) is 90.8 Å². The molecule has 6 nitrogen and oxygen atoms in total. The maximum Gasteiger partial charge on any atom is 0.229 e. The van der Waals surface area contributed by atoms with Crippen LogP contribution in [0.1, 0.15) is 10.4 Å². The highest BCUT2D eigenvalue weighted by Gasteiger charge is 2.06. The van der Waals surface area contributed by atoms with Crippen molar-refractivity contribution in [1.82, 2.24) is 5.32 Å². The Labute approximate surface area is 180 Å². The van der Waals surface area contributed by atoms with Gasteiger partial charge >= 0.3 is 0 Å². The molecule has 0 spiro atoms. The highest BCUT2D eigenvalue weighted by molar-refractivity contribution is 7.10. The van der Waals surface area contributed by atoms with Crippen molar-refractivity contribution in [2.24, 2.45) is 0 Å². The smallest absolute Gasteiger partial charge is 0.229 e. The molecule has 0 saturated carbocycles. The number of nitrogens with one attached hydrogen (secondary N) is 2. The van der Waals surface area contributed by atoms with E-state index in [0.29, 0.717) is 18.7 Å². The van der Waals surface area contributed by atoms with E-state index in [2.05, 4.69) is 10.6 Å². The van der Waals surface area contributed by atoms with Gasteiger partial charge in [0.15, 0.2) is 0 Å². The van der Waals surface area contributed by atoms with Crippen LogP contribution in [0.15, 0.2) is 66.0 Å². The van der Waals surface area contributed by atoms with Crippen LogP contribution in [0.5, 0.6) is 11.5 Å². The molecule has 0 aliphatic carbocycles. The lowest BCUT2D eigenvalue weighted by Gasteiger charge is -2.13. The summed E-state index contributed by atoms with van der Waals surface area (Å²) in [6, 6.07) is 18.1. The number of benzene rings is 2. The van der Waals surface area contributed by atoms with Crippen molar-refractivity contribution >= 4 is 22.9 Å². The molecule has 30 heavy (non-hydrogen) atoms.